The number of halogens is 1. The molecule has 0 aliphatic heterocycles. The van der Waals surface area contributed by atoms with Gasteiger partial charge in [-0.15, -0.1) is 0 Å². The third-order valence-electron chi connectivity index (χ3n) is 4.47. The van der Waals surface area contributed by atoms with Gasteiger partial charge in [0.25, 0.3) is 0 Å². The number of hydrogen-bond donors (Lipinski definition) is 2. The monoisotopic (exact) mass is 360 g/mol. The minimum absolute atomic E-state index is 0.0625. The van der Waals surface area contributed by atoms with Gasteiger partial charge in [0.15, 0.2) is 5.96 Å². The maximum atomic E-state index is 13.8. The number of aromatic nitrogens is 2. The standard InChI is InChI=1S/C19H29FN6/c1-13-7-8-15(9-17(13)20)14(2)24-19(21-3)22-11-18(25(4)5)16-10-23-26(6)12-16/h7-10,12,14,18H,11H2,1-6H3,(H2,21,22,24). The van der Waals surface area contributed by atoms with Crippen molar-refractivity contribution in [1.29, 1.82) is 0 Å². The summed E-state index contributed by atoms with van der Waals surface area (Å²) in [7, 11) is 7.71. The summed E-state index contributed by atoms with van der Waals surface area (Å²) in [6, 6.07) is 5.39. The predicted molar refractivity (Wildman–Crippen MR) is 104 cm³/mol. The topological polar surface area (TPSA) is 57.5 Å². The van der Waals surface area contributed by atoms with Gasteiger partial charge < -0.3 is 15.5 Å². The molecule has 2 atom stereocenters. The summed E-state index contributed by atoms with van der Waals surface area (Å²) in [6.07, 6.45) is 3.89. The predicted octanol–water partition coefficient (Wildman–Crippen LogP) is 2.40. The van der Waals surface area contributed by atoms with Gasteiger partial charge in [-0.05, 0) is 45.1 Å². The van der Waals surface area contributed by atoms with Crippen molar-refractivity contribution in [1.82, 2.24) is 25.3 Å². The zero-order chi connectivity index (χ0) is 19.3. The molecule has 0 saturated carbocycles. The molecule has 26 heavy (non-hydrogen) atoms. The van der Waals surface area contributed by atoms with Gasteiger partial charge in [0.2, 0.25) is 0 Å². The molecule has 1 aromatic carbocycles. The average Bonchev–Trinajstić information content (AvgIpc) is 3.02. The third-order valence-corrected chi connectivity index (χ3v) is 4.47. The molecular formula is C19H29FN6. The maximum Gasteiger partial charge on any atom is 0.191 e. The van der Waals surface area contributed by atoms with E-state index in [0.717, 1.165) is 11.1 Å². The van der Waals surface area contributed by atoms with Crippen LogP contribution in [0.25, 0.3) is 0 Å². The highest BCUT2D eigenvalue weighted by molar-refractivity contribution is 5.80. The summed E-state index contributed by atoms with van der Waals surface area (Å²) in [6.45, 7) is 4.42. The number of guanidine groups is 1. The Morgan fingerprint density at radius 3 is 2.62 bits per heavy atom. The van der Waals surface area contributed by atoms with Crippen LogP contribution in [0, 0.1) is 12.7 Å². The Bertz CT molecular complexity index is 752. The molecule has 0 saturated heterocycles. The lowest BCUT2D eigenvalue weighted by Crippen LogP contribution is -2.42. The summed E-state index contributed by atoms with van der Waals surface area (Å²) < 4.78 is 15.6. The molecular weight excluding hydrogens is 331 g/mol. The summed E-state index contributed by atoms with van der Waals surface area (Å²) in [5, 5.41) is 10.9. The highest BCUT2D eigenvalue weighted by Gasteiger charge is 2.17. The van der Waals surface area contributed by atoms with Crippen LogP contribution in [-0.4, -0.2) is 48.3 Å². The normalized spacial score (nSPS) is 14.4. The first-order chi connectivity index (χ1) is 12.3. The molecule has 0 spiro atoms. The fraction of sp³-hybridized carbons (Fsp3) is 0.474. The molecule has 0 amide bonds. The van der Waals surface area contributed by atoms with E-state index in [0.29, 0.717) is 18.1 Å². The van der Waals surface area contributed by atoms with Crippen molar-refractivity contribution in [3.8, 4) is 0 Å². The van der Waals surface area contributed by atoms with E-state index in [4.69, 9.17) is 0 Å². The van der Waals surface area contributed by atoms with Crippen LogP contribution >= 0.6 is 0 Å². The van der Waals surface area contributed by atoms with Crippen LogP contribution in [0.3, 0.4) is 0 Å². The van der Waals surface area contributed by atoms with Gasteiger partial charge in [-0.25, -0.2) is 4.39 Å². The van der Waals surface area contributed by atoms with Gasteiger partial charge in [-0.2, -0.15) is 5.10 Å². The summed E-state index contributed by atoms with van der Waals surface area (Å²) in [5.41, 5.74) is 2.66. The molecule has 2 aromatic rings. The second-order valence-electron chi connectivity index (χ2n) is 6.75. The van der Waals surface area contributed by atoms with E-state index >= 15 is 0 Å². The first-order valence-electron chi connectivity index (χ1n) is 8.70. The largest absolute Gasteiger partial charge is 0.354 e. The molecule has 0 aliphatic rings. The summed E-state index contributed by atoms with van der Waals surface area (Å²) in [5.74, 6) is 0.484. The number of nitrogens with zero attached hydrogens (tertiary/aromatic N) is 4. The molecule has 2 unspecified atom stereocenters. The molecule has 0 bridgehead atoms. The van der Waals surface area contributed by atoms with E-state index in [1.807, 2.05) is 46.5 Å². The SMILES string of the molecule is CN=C(NCC(c1cnn(C)c1)N(C)C)NC(C)c1ccc(C)c(F)c1. The molecule has 2 N–H and O–H groups in total. The Balaban J connectivity index is 2.00. The van der Waals surface area contributed by atoms with E-state index < -0.39 is 0 Å². The molecule has 7 heteroatoms. The zero-order valence-electron chi connectivity index (χ0n) is 16.4. The minimum atomic E-state index is -0.191. The first kappa shape index (κ1) is 19.9. The fourth-order valence-corrected chi connectivity index (χ4v) is 2.77. The van der Waals surface area contributed by atoms with Crippen molar-refractivity contribution < 1.29 is 4.39 Å². The highest BCUT2D eigenvalue weighted by atomic mass is 19.1. The van der Waals surface area contributed by atoms with Crippen LogP contribution in [-0.2, 0) is 7.05 Å². The van der Waals surface area contributed by atoms with Crippen LogP contribution in [0.2, 0.25) is 0 Å². The Labute approximate surface area is 155 Å². The average molecular weight is 360 g/mol. The molecule has 0 radical (unpaired) electrons. The quantitative estimate of drug-likeness (QED) is 0.614. The van der Waals surface area contributed by atoms with Crippen LogP contribution in [0.15, 0.2) is 35.6 Å². The van der Waals surface area contributed by atoms with Crippen molar-refractivity contribution in [2.45, 2.75) is 25.9 Å². The number of aryl methyl sites for hydroxylation is 2. The number of aliphatic imine (C=N–C) groups is 1. The van der Waals surface area contributed by atoms with Crippen LogP contribution in [0.4, 0.5) is 4.39 Å². The molecule has 0 fully saturated rings. The fourth-order valence-electron chi connectivity index (χ4n) is 2.77. The highest BCUT2D eigenvalue weighted by Crippen LogP contribution is 2.17. The van der Waals surface area contributed by atoms with Crippen molar-refractivity contribution in [3.05, 3.63) is 53.1 Å². The van der Waals surface area contributed by atoms with Crippen LogP contribution < -0.4 is 10.6 Å². The van der Waals surface area contributed by atoms with Crippen LogP contribution in [0.1, 0.15) is 35.7 Å². The molecule has 0 aliphatic carbocycles. The summed E-state index contributed by atoms with van der Waals surface area (Å²) >= 11 is 0. The van der Waals surface area contributed by atoms with Gasteiger partial charge in [-0.1, -0.05) is 12.1 Å². The number of hydrogen-bond acceptors (Lipinski definition) is 3. The lowest BCUT2D eigenvalue weighted by molar-refractivity contribution is 0.298. The maximum absolute atomic E-state index is 13.8. The molecule has 1 aromatic heterocycles. The van der Waals surface area contributed by atoms with Gasteiger partial charge >= 0.3 is 0 Å². The molecule has 142 valence electrons. The van der Waals surface area contributed by atoms with Gasteiger partial charge in [0, 0.05) is 32.4 Å². The second-order valence-corrected chi connectivity index (χ2v) is 6.75. The van der Waals surface area contributed by atoms with Gasteiger partial charge in [-0.3, -0.25) is 9.67 Å². The number of likely N-dealkylation sites (N-methyl/N-ethyl adjacent to an activating group) is 1. The van der Waals surface area contributed by atoms with Crippen molar-refractivity contribution in [2.24, 2.45) is 12.0 Å². The molecule has 2 rings (SSSR count). The Morgan fingerprint density at radius 2 is 2.08 bits per heavy atom. The van der Waals surface area contributed by atoms with E-state index in [-0.39, 0.29) is 17.9 Å². The first-order valence-corrected chi connectivity index (χ1v) is 8.70. The molecule has 1 heterocycles. The van der Waals surface area contributed by atoms with Gasteiger partial charge in [0.05, 0.1) is 18.3 Å². The number of nitrogens with one attached hydrogen (secondary N) is 2. The zero-order valence-corrected chi connectivity index (χ0v) is 16.4. The molecule has 6 nitrogen and oxygen atoms in total. The lowest BCUT2D eigenvalue weighted by atomic mass is 10.1. The van der Waals surface area contributed by atoms with E-state index in [1.165, 1.54) is 0 Å². The Morgan fingerprint density at radius 1 is 1.35 bits per heavy atom. The third kappa shape index (κ3) is 5.05. The van der Waals surface area contributed by atoms with E-state index in [9.17, 15) is 4.39 Å². The minimum Gasteiger partial charge on any atom is -0.354 e. The number of benzene rings is 1. The Hall–Kier alpha value is -2.41. The lowest BCUT2D eigenvalue weighted by Gasteiger charge is -2.25. The second kappa shape index (κ2) is 8.80. The summed E-state index contributed by atoms with van der Waals surface area (Å²) in [4.78, 5) is 6.42. The van der Waals surface area contributed by atoms with Crippen molar-refractivity contribution >= 4 is 5.96 Å². The smallest absolute Gasteiger partial charge is 0.191 e. The van der Waals surface area contributed by atoms with Crippen LogP contribution in [0.5, 0.6) is 0 Å². The van der Waals surface area contributed by atoms with E-state index in [2.05, 4.69) is 25.6 Å². The van der Waals surface area contributed by atoms with Crippen molar-refractivity contribution in [3.63, 3.8) is 0 Å². The van der Waals surface area contributed by atoms with Gasteiger partial charge in [0.1, 0.15) is 5.82 Å². The van der Waals surface area contributed by atoms with E-state index in [1.54, 1.807) is 30.8 Å². The number of rotatable bonds is 6. The van der Waals surface area contributed by atoms with Crippen molar-refractivity contribution in [2.75, 3.05) is 27.7 Å². The Kier molecular flexibility index (Phi) is 6.74.